The van der Waals surface area contributed by atoms with Gasteiger partial charge in [-0.1, -0.05) is 54.2 Å². The van der Waals surface area contributed by atoms with Crippen molar-refractivity contribution in [2.24, 2.45) is 0 Å². The Morgan fingerprint density at radius 2 is 2.00 bits per heavy atom. The Balaban J connectivity index is 1.14. The summed E-state index contributed by atoms with van der Waals surface area (Å²) < 4.78 is 0. The number of amides is 1. The van der Waals surface area contributed by atoms with Crippen LogP contribution in [0.2, 0.25) is 0 Å². The minimum Gasteiger partial charge on any atom is -0.338 e. The maximum absolute atomic E-state index is 12.7. The summed E-state index contributed by atoms with van der Waals surface area (Å²) in [5.41, 5.74) is 6.48. The zero-order valence-electron chi connectivity index (χ0n) is 18.0. The molecule has 0 spiro atoms. The number of hydrogen-bond acceptors (Lipinski definition) is 7. The van der Waals surface area contributed by atoms with E-state index in [9.17, 15) is 10.1 Å². The maximum Gasteiger partial charge on any atom is 0.225 e. The van der Waals surface area contributed by atoms with Gasteiger partial charge in [0.2, 0.25) is 11.1 Å². The molecule has 7 nitrogen and oxygen atoms in total. The van der Waals surface area contributed by atoms with Crippen molar-refractivity contribution in [2.45, 2.75) is 24.4 Å². The summed E-state index contributed by atoms with van der Waals surface area (Å²) in [4.78, 5) is 21.6. The molecule has 166 valence electrons. The second-order valence-electron chi connectivity index (χ2n) is 7.99. The fourth-order valence-corrected chi connectivity index (χ4v) is 6.34. The Kier molecular flexibility index (Phi) is 5.24. The summed E-state index contributed by atoms with van der Waals surface area (Å²) >= 11 is 2.88. The highest BCUT2D eigenvalue weighted by atomic mass is 32.2. The van der Waals surface area contributed by atoms with Gasteiger partial charge < -0.3 is 10.3 Å². The van der Waals surface area contributed by atoms with E-state index in [4.69, 9.17) is 0 Å². The molecule has 0 fully saturated rings. The standard InChI is InChI=1S/C25H18N6OS2/c26-13-18-16-10-9-14-5-1-2-6-15(14)22(16)34-24(18)28-20(32)11-12-33-25-29-23-21(30-31-25)17-7-3-4-8-19(17)27-23/h1-8H,9-12H2,(H,28,32)(H,27,29,31). The number of anilines is 1. The lowest BCUT2D eigenvalue weighted by Crippen LogP contribution is -2.12. The van der Waals surface area contributed by atoms with E-state index >= 15 is 0 Å². The summed E-state index contributed by atoms with van der Waals surface area (Å²) in [5, 5.41) is 23.4. The number of rotatable bonds is 5. The van der Waals surface area contributed by atoms with Crippen LogP contribution < -0.4 is 5.32 Å². The first-order valence-electron chi connectivity index (χ1n) is 10.9. The molecule has 5 aromatic rings. The first-order chi connectivity index (χ1) is 16.7. The molecule has 34 heavy (non-hydrogen) atoms. The summed E-state index contributed by atoms with van der Waals surface area (Å²) in [7, 11) is 0. The third-order valence-corrected chi connectivity index (χ3v) is 7.96. The van der Waals surface area contributed by atoms with Crippen LogP contribution in [0.4, 0.5) is 5.00 Å². The zero-order valence-corrected chi connectivity index (χ0v) is 19.6. The van der Waals surface area contributed by atoms with Crippen LogP contribution in [0.15, 0.2) is 53.7 Å². The van der Waals surface area contributed by atoms with E-state index in [1.165, 1.54) is 34.2 Å². The average molecular weight is 483 g/mol. The molecule has 3 heterocycles. The highest BCUT2D eigenvalue weighted by Gasteiger charge is 2.25. The van der Waals surface area contributed by atoms with Gasteiger partial charge in [0.05, 0.1) is 5.56 Å². The molecule has 1 amide bonds. The van der Waals surface area contributed by atoms with Crippen LogP contribution in [0.3, 0.4) is 0 Å². The predicted octanol–water partition coefficient (Wildman–Crippen LogP) is 5.33. The molecule has 2 N–H and O–H groups in total. The Morgan fingerprint density at radius 1 is 1.15 bits per heavy atom. The van der Waals surface area contributed by atoms with Gasteiger partial charge >= 0.3 is 0 Å². The number of hydrogen-bond donors (Lipinski definition) is 2. The zero-order chi connectivity index (χ0) is 23.1. The second kappa shape index (κ2) is 8.56. The van der Waals surface area contributed by atoms with Gasteiger partial charge in [-0.2, -0.15) is 5.26 Å². The number of benzene rings is 2. The molecule has 2 aromatic carbocycles. The van der Waals surface area contributed by atoms with Crippen LogP contribution in [0.5, 0.6) is 0 Å². The van der Waals surface area contributed by atoms with E-state index < -0.39 is 0 Å². The predicted molar refractivity (Wildman–Crippen MR) is 135 cm³/mol. The van der Waals surface area contributed by atoms with Gasteiger partial charge in [0, 0.05) is 28.0 Å². The lowest BCUT2D eigenvalue weighted by atomic mass is 9.90. The van der Waals surface area contributed by atoms with E-state index in [1.807, 2.05) is 36.4 Å². The van der Waals surface area contributed by atoms with E-state index in [0.29, 0.717) is 27.1 Å². The van der Waals surface area contributed by atoms with Crippen molar-refractivity contribution in [3.05, 3.63) is 65.2 Å². The number of fused-ring (bicyclic) bond motifs is 6. The van der Waals surface area contributed by atoms with Crippen molar-refractivity contribution in [2.75, 3.05) is 11.1 Å². The third-order valence-electron chi connectivity index (χ3n) is 5.94. The van der Waals surface area contributed by atoms with Gasteiger partial charge in [-0.25, -0.2) is 4.98 Å². The minimum atomic E-state index is -0.129. The summed E-state index contributed by atoms with van der Waals surface area (Å²) in [5.74, 6) is 0.380. The number of carbonyl (C=O) groups is 1. The van der Waals surface area contributed by atoms with Crippen molar-refractivity contribution >= 4 is 56.1 Å². The van der Waals surface area contributed by atoms with Crippen molar-refractivity contribution in [3.8, 4) is 16.5 Å². The number of aromatic nitrogens is 4. The molecule has 9 heteroatoms. The molecule has 0 radical (unpaired) electrons. The van der Waals surface area contributed by atoms with Gasteiger partial charge in [0.25, 0.3) is 0 Å². The average Bonchev–Trinajstić information content (AvgIpc) is 3.41. The summed E-state index contributed by atoms with van der Waals surface area (Å²) in [6.45, 7) is 0. The lowest BCUT2D eigenvalue weighted by Gasteiger charge is -2.15. The van der Waals surface area contributed by atoms with E-state index in [2.05, 4.69) is 43.7 Å². The monoisotopic (exact) mass is 482 g/mol. The van der Waals surface area contributed by atoms with Crippen molar-refractivity contribution < 1.29 is 4.79 Å². The van der Waals surface area contributed by atoms with Crippen LogP contribution in [0.25, 0.3) is 32.5 Å². The number of aromatic amines is 1. The van der Waals surface area contributed by atoms with E-state index in [-0.39, 0.29) is 12.3 Å². The number of carbonyl (C=O) groups excluding carboxylic acids is 1. The summed E-state index contributed by atoms with van der Waals surface area (Å²) in [6, 6.07) is 18.5. The topological polar surface area (TPSA) is 107 Å². The third kappa shape index (κ3) is 3.61. The number of aryl methyl sites for hydroxylation is 1. The molecule has 0 unspecified atom stereocenters. The Labute approximate surface area is 203 Å². The Morgan fingerprint density at radius 3 is 2.91 bits per heavy atom. The first-order valence-corrected chi connectivity index (χ1v) is 12.7. The van der Waals surface area contributed by atoms with Gasteiger partial charge in [-0.05, 0) is 35.6 Å². The van der Waals surface area contributed by atoms with Crippen molar-refractivity contribution in [1.29, 1.82) is 5.26 Å². The molecule has 0 saturated heterocycles. The SMILES string of the molecule is N#Cc1c(NC(=O)CCSc2nnc3c(n2)[nH]c2ccccc23)sc2c1CCc1ccccc1-2. The molecule has 1 aliphatic carbocycles. The van der Waals surface area contributed by atoms with Gasteiger partial charge in [0.15, 0.2) is 5.65 Å². The normalized spacial score (nSPS) is 12.3. The van der Waals surface area contributed by atoms with Crippen LogP contribution >= 0.6 is 23.1 Å². The molecule has 0 saturated carbocycles. The molecule has 6 rings (SSSR count). The van der Waals surface area contributed by atoms with Crippen molar-refractivity contribution in [3.63, 3.8) is 0 Å². The highest BCUT2D eigenvalue weighted by molar-refractivity contribution is 7.99. The quantitative estimate of drug-likeness (QED) is 0.328. The number of thiophene rings is 1. The van der Waals surface area contributed by atoms with Crippen LogP contribution in [0.1, 0.15) is 23.1 Å². The molecule has 3 aromatic heterocycles. The number of nitrogens with zero attached hydrogens (tertiary/aromatic N) is 4. The maximum atomic E-state index is 12.7. The summed E-state index contributed by atoms with van der Waals surface area (Å²) in [6.07, 6.45) is 2.01. The largest absolute Gasteiger partial charge is 0.338 e. The Bertz CT molecular complexity index is 1610. The highest BCUT2D eigenvalue weighted by Crippen LogP contribution is 2.44. The number of H-pyrrole nitrogens is 1. The van der Waals surface area contributed by atoms with Gasteiger partial charge in [-0.3, -0.25) is 4.79 Å². The molecular formula is C25H18N6OS2. The fourth-order valence-electron chi connectivity index (χ4n) is 4.34. The smallest absolute Gasteiger partial charge is 0.225 e. The Hall–Kier alpha value is -3.74. The minimum absolute atomic E-state index is 0.129. The fraction of sp³-hybridized carbons (Fsp3) is 0.160. The number of nitrogens with one attached hydrogen (secondary N) is 2. The van der Waals surface area contributed by atoms with Crippen LogP contribution in [-0.4, -0.2) is 31.8 Å². The number of nitriles is 1. The van der Waals surface area contributed by atoms with Crippen LogP contribution in [-0.2, 0) is 17.6 Å². The molecule has 1 aliphatic rings. The van der Waals surface area contributed by atoms with E-state index in [1.54, 1.807) is 0 Å². The number of thioether (sulfide) groups is 1. The van der Waals surface area contributed by atoms with Gasteiger partial charge in [-0.15, -0.1) is 21.5 Å². The lowest BCUT2D eigenvalue weighted by molar-refractivity contribution is -0.115. The van der Waals surface area contributed by atoms with E-state index in [0.717, 1.165) is 39.7 Å². The molecule has 0 atom stereocenters. The molecule has 0 bridgehead atoms. The van der Waals surface area contributed by atoms with Crippen LogP contribution in [0, 0.1) is 11.3 Å². The first kappa shape index (κ1) is 20.8. The van der Waals surface area contributed by atoms with Crippen molar-refractivity contribution in [1.82, 2.24) is 20.2 Å². The second-order valence-corrected chi connectivity index (χ2v) is 10.1. The number of para-hydroxylation sites is 1. The molecule has 0 aliphatic heterocycles. The molecular weight excluding hydrogens is 464 g/mol. The van der Waals surface area contributed by atoms with Gasteiger partial charge in [0.1, 0.15) is 16.6 Å².